The third-order valence-electron chi connectivity index (χ3n) is 7.38. The van der Waals surface area contributed by atoms with Gasteiger partial charge in [0.1, 0.15) is 17.3 Å². The molecular formula is C33H33N3O7S. The molecule has 0 aliphatic carbocycles. The number of furan rings is 1. The van der Waals surface area contributed by atoms with Crippen molar-refractivity contribution in [1.82, 2.24) is 4.57 Å². The lowest BCUT2D eigenvalue weighted by Crippen LogP contribution is -2.40. The SMILES string of the molecule is CCCC1=C(C(=O)OCC)C(c2ccc(C(C)C)cc2)n2c(s/c(=C\c3ccc(-c4ccc(OC)cc4[N+](=O)[O-])o3)c2=O)=N1. The van der Waals surface area contributed by atoms with Crippen molar-refractivity contribution in [3.05, 3.63) is 113 Å². The van der Waals surface area contributed by atoms with E-state index in [4.69, 9.17) is 18.9 Å². The van der Waals surface area contributed by atoms with Crippen molar-refractivity contribution in [3.63, 3.8) is 0 Å². The predicted molar refractivity (Wildman–Crippen MR) is 168 cm³/mol. The summed E-state index contributed by atoms with van der Waals surface area (Å²) in [6, 6.07) is 15.0. The van der Waals surface area contributed by atoms with Gasteiger partial charge in [0.05, 0.1) is 52.1 Å². The summed E-state index contributed by atoms with van der Waals surface area (Å²) >= 11 is 1.20. The average Bonchev–Trinajstić information content (AvgIpc) is 3.60. The molecule has 1 atom stereocenters. The molecular weight excluding hydrogens is 582 g/mol. The van der Waals surface area contributed by atoms with Gasteiger partial charge in [-0.15, -0.1) is 0 Å². The molecule has 44 heavy (non-hydrogen) atoms. The zero-order valence-corrected chi connectivity index (χ0v) is 26.0. The summed E-state index contributed by atoms with van der Waals surface area (Å²) in [6.45, 7) is 8.16. The number of esters is 1. The monoisotopic (exact) mass is 615 g/mol. The average molecular weight is 616 g/mol. The van der Waals surface area contributed by atoms with Crippen LogP contribution in [0.2, 0.25) is 0 Å². The molecule has 0 fully saturated rings. The standard InChI is InChI=1S/C33H33N3O7S/c1-6-8-25-29(32(38)42-7-2)30(21-11-9-20(10-12-21)19(3)4)35-31(37)28(44-33(35)34-25)18-23-14-16-27(43-23)24-15-13-22(41-5)17-26(24)36(39)40/h9-19,30H,6-8H2,1-5H3/b28-18-. The molecule has 0 radical (unpaired) electrons. The molecule has 2 aromatic heterocycles. The maximum atomic E-state index is 14.0. The highest BCUT2D eigenvalue weighted by molar-refractivity contribution is 7.07. The molecule has 0 N–H and O–H groups in total. The van der Waals surface area contributed by atoms with Crippen LogP contribution in [0.25, 0.3) is 17.4 Å². The van der Waals surface area contributed by atoms with Crippen molar-refractivity contribution in [3.8, 4) is 17.1 Å². The number of allylic oxidation sites excluding steroid dienone is 1. The van der Waals surface area contributed by atoms with Crippen molar-refractivity contribution in [2.45, 2.75) is 52.5 Å². The van der Waals surface area contributed by atoms with Gasteiger partial charge in [-0.1, -0.05) is 62.8 Å². The van der Waals surface area contributed by atoms with Crippen molar-refractivity contribution in [1.29, 1.82) is 0 Å². The summed E-state index contributed by atoms with van der Waals surface area (Å²) in [6.07, 6.45) is 2.89. The van der Waals surface area contributed by atoms with Crippen LogP contribution in [0, 0.1) is 10.1 Å². The Kier molecular flexibility index (Phi) is 8.96. The topological polar surface area (TPSA) is 126 Å². The first-order chi connectivity index (χ1) is 21.2. The van der Waals surface area contributed by atoms with Gasteiger partial charge in [0.25, 0.3) is 11.2 Å². The maximum absolute atomic E-state index is 14.0. The normalized spacial score (nSPS) is 14.9. The molecule has 5 rings (SSSR count). The molecule has 0 bridgehead atoms. The number of hydrogen-bond acceptors (Lipinski definition) is 9. The number of nitro benzene ring substituents is 1. The fourth-order valence-corrected chi connectivity index (χ4v) is 6.20. The van der Waals surface area contributed by atoms with Gasteiger partial charge in [-0.2, -0.15) is 0 Å². The third-order valence-corrected chi connectivity index (χ3v) is 8.36. The van der Waals surface area contributed by atoms with Gasteiger partial charge in [0, 0.05) is 6.08 Å². The van der Waals surface area contributed by atoms with E-state index in [9.17, 15) is 19.7 Å². The zero-order chi connectivity index (χ0) is 31.5. The number of methoxy groups -OCH3 is 1. The summed E-state index contributed by atoms with van der Waals surface area (Å²) in [5.41, 5.74) is 2.66. The van der Waals surface area contributed by atoms with E-state index in [1.54, 1.807) is 41.8 Å². The van der Waals surface area contributed by atoms with E-state index in [1.807, 2.05) is 31.2 Å². The Morgan fingerprint density at radius 1 is 1.16 bits per heavy atom. The molecule has 0 saturated carbocycles. The zero-order valence-electron chi connectivity index (χ0n) is 25.2. The first-order valence-corrected chi connectivity index (χ1v) is 15.2. The van der Waals surface area contributed by atoms with Crippen LogP contribution < -0.4 is 19.6 Å². The van der Waals surface area contributed by atoms with Gasteiger partial charge >= 0.3 is 5.97 Å². The first-order valence-electron chi connectivity index (χ1n) is 14.4. The van der Waals surface area contributed by atoms with Gasteiger partial charge in [-0.05, 0) is 54.7 Å². The Balaban J connectivity index is 1.65. The number of thiazole rings is 1. The number of hydrogen-bond donors (Lipinski definition) is 0. The smallest absolute Gasteiger partial charge is 0.338 e. The lowest BCUT2D eigenvalue weighted by Gasteiger charge is -2.26. The van der Waals surface area contributed by atoms with E-state index in [0.29, 0.717) is 44.5 Å². The van der Waals surface area contributed by atoms with Crippen LogP contribution in [-0.4, -0.2) is 29.2 Å². The second-order valence-electron chi connectivity index (χ2n) is 10.6. The summed E-state index contributed by atoms with van der Waals surface area (Å²) in [4.78, 5) is 43.9. The number of carbonyl (C=O) groups is 1. The van der Waals surface area contributed by atoms with Crippen LogP contribution in [0.15, 0.2) is 80.1 Å². The second kappa shape index (κ2) is 12.8. The Morgan fingerprint density at radius 3 is 2.55 bits per heavy atom. The highest BCUT2D eigenvalue weighted by atomic mass is 32.1. The number of benzene rings is 2. The van der Waals surface area contributed by atoms with Crippen molar-refractivity contribution < 1.29 is 23.6 Å². The Bertz CT molecular complexity index is 1930. The van der Waals surface area contributed by atoms with E-state index in [0.717, 1.165) is 17.5 Å². The molecule has 11 heteroatoms. The minimum absolute atomic E-state index is 0.164. The van der Waals surface area contributed by atoms with Gasteiger partial charge in [-0.25, -0.2) is 9.79 Å². The minimum atomic E-state index is -0.718. The molecule has 2 aromatic carbocycles. The highest BCUT2D eigenvalue weighted by Crippen LogP contribution is 2.35. The minimum Gasteiger partial charge on any atom is -0.497 e. The Morgan fingerprint density at radius 2 is 1.91 bits per heavy atom. The number of nitrogens with zero attached hydrogens (tertiary/aromatic N) is 3. The lowest BCUT2D eigenvalue weighted by atomic mass is 9.92. The van der Waals surface area contributed by atoms with Gasteiger partial charge in [0.15, 0.2) is 4.80 Å². The molecule has 0 amide bonds. The first kappa shape index (κ1) is 30.7. The van der Waals surface area contributed by atoms with E-state index < -0.39 is 16.9 Å². The molecule has 1 aliphatic rings. The number of rotatable bonds is 10. The third kappa shape index (κ3) is 5.87. The number of aromatic nitrogens is 1. The van der Waals surface area contributed by atoms with Crippen LogP contribution in [0.4, 0.5) is 5.69 Å². The van der Waals surface area contributed by atoms with Gasteiger partial charge < -0.3 is 13.9 Å². The number of nitro groups is 1. The maximum Gasteiger partial charge on any atom is 0.338 e. The van der Waals surface area contributed by atoms with Gasteiger partial charge in [-0.3, -0.25) is 19.5 Å². The van der Waals surface area contributed by atoms with Crippen LogP contribution in [0.1, 0.15) is 69.4 Å². The predicted octanol–water partition coefficient (Wildman–Crippen LogP) is 5.88. The van der Waals surface area contributed by atoms with E-state index in [-0.39, 0.29) is 29.2 Å². The van der Waals surface area contributed by atoms with Gasteiger partial charge in [0.2, 0.25) is 0 Å². The number of carbonyl (C=O) groups excluding carboxylic acids is 1. The van der Waals surface area contributed by atoms with E-state index in [2.05, 4.69) is 13.8 Å². The molecule has 0 saturated heterocycles. The van der Waals surface area contributed by atoms with E-state index >= 15 is 0 Å². The summed E-state index contributed by atoms with van der Waals surface area (Å²) in [5, 5.41) is 11.7. The number of fused-ring (bicyclic) bond motifs is 1. The van der Waals surface area contributed by atoms with Crippen molar-refractivity contribution in [2.75, 3.05) is 13.7 Å². The lowest BCUT2D eigenvalue weighted by molar-refractivity contribution is -0.384. The van der Waals surface area contributed by atoms with Crippen LogP contribution in [0.5, 0.6) is 5.75 Å². The Labute approximate surface area is 257 Å². The molecule has 228 valence electrons. The fourth-order valence-electron chi connectivity index (χ4n) is 5.20. The van der Waals surface area contributed by atoms with Crippen LogP contribution >= 0.6 is 11.3 Å². The largest absolute Gasteiger partial charge is 0.497 e. The summed E-state index contributed by atoms with van der Waals surface area (Å²) in [5.74, 6) is 0.789. The molecule has 1 unspecified atom stereocenters. The molecule has 0 spiro atoms. The van der Waals surface area contributed by atoms with Crippen molar-refractivity contribution in [2.24, 2.45) is 4.99 Å². The summed E-state index contributed by atoms with van der Waals surface area (Å²) in [7, 11) is 1.44. The molecule has 3 heterocycles. The Hall–Kier alpha value is -4.77. The quantitative estimate of drug-likeness (QED) is 0.124. The fraction of sp³-hybridized carbons (Fsp3) is 0.303. The van der Waals surface area contributed by atoms with E-state index in [1.165, 1.54) is 24.5 Å². The molecule has 4 aromatic rings. The molecule has 1 aliphatic heterocycles. The van der Waals surface area contributed by atoms with Crippen LogP contribution in [0.3, 0.4) is 0 Å². The number of ether oxygens (including phenoxy) is 2. The highest BCUT2D eigenvalue weighted by Gasteiger charge is 2.34. The second-order valence-corrected chi connectivity index (χ2v) is 11.6. The van der Waals surface area contributed by atoms with Crippen LogP contribution in [-0.2, 0) is 9.53 Å². The van der Waals surface area contributed by atoms with Crippen molar-refractivity contribution >= 4 is 29.1 Å². The molecule has 10 nitrogen and oxygen atoms in total. The summed E-state index contributed by atoms with van der Waals surface area (Å²) < 4.78 is 18.5.